The zero-order valence-electron chi connectivity index (χ0n) is 10.8. The van der Waals surface area contributed by atoms with E-state index in [1.165, 1.54) is 0 Å². The molecule has 0 heterocycles. The highest BCUT2D eigenvalue weighted by molar-refractivity contribution is 7.92. The monoisotopic (exact) mass is 262 g/mol. The first-order chi connectivity index (χ1) is 8.57. The van der Waals surface area contributed by atoms with Crippen LogP contribution in [0.2, 0.25) is 0 Å². The van der Waals surface area contributed by atoms with Crippen molar-refractivity contribution in [3.8, 4) is 0 Å². The van der Waals surface area contributed by atoms with Gasteiger partial charge in [-0.05, 0) is 24.8 Å². The van der Waals surface area contributed by atoms with Crippen molar-refractivity contribution < 1.29 is 8.42 Å². The molecule has 96 valence electrons. The molecular weight excluding hydrogens is 244 g/mol. The summed E-state index contributed by atoms with van der Waals surface area (Å²) < 4.78 is 25.1. The molecule has 0 radical (unpaired) electrons. The van der Waals surface area contributed by atoms with E-state index in [0.29, 0.717) is 11.3 Å². The van der Waals surface area contributed by atoms with Gasteiger partial charge in [-0.25, -0.2) is 8.42 Å². The van der Waals surface area contributed by atoms with E-state index in [1.807, 2.05) is 43.3 Å². The number of rotatable bonds is 4. The molecule has 0 aliphatic heterocycles. The summed E-state index contributed by atoms with van der Waals surface area (Å²) in [6.07, 6.45) is 1.58. The third-order valence-corrected chi connectivity index (χ3v) is 5.55. The maximum atomic E-state index is 12.5. The van der Waals surface area contributed by atoms with E-state index in [9.17, 15) is 8.42 Å². The second kappa shape index (κ2) is 5.11. The Morgan fingerprint density at radius 2 is 1.72 bits per heavy atom. The van der Waals surface area contributed by atoms with Gasteiger partial charge in [0.1, 0.15) is 0 Å². The van der Waals surface area contributed by atoms with E-state index in [2.05, 4.69) is 0 Å². The minimum Gasteiger partial charge on any atom is -0.223 e. The van der Waals surface area contributed by atoms with E-state index >= 15 is 0 Å². The van der Waals surface area contributed by atoms with E-state index < -0.39 is 9.84 Å². The standard InChI is InChI=1S/C15H18O2S/c1-3-7-12(2)18(16,17)15-11-6-9-13-8-4-5-10-14(13)15/h4-6,8-12H,3,7H2,1-2H3. The van der Waals surface area contributed by atoms with E-state index in [0.717, 1.165) is 17.2 Å². The molecular formula is C15H18O2S. The van der Waals surface area contributed by atoms with Crippen molar-refractivity contribution in [3.05, 3.63) is 42.5 Å². The van der Waals surface area contributed by atoms with Gasteiger partial charge in [0.15, 0.2) is 9.84 Å². The largest absolute Gasteiger partial charge is 0.223 e. The van der Waals surface area contributed by atoms with Gasteiger partial charge < -0.3 is 0 Å². The number of hydrogen-bond acceptors (Lipinski definition) is 2. The van der Waals surface area contributed by atoms with Crippen LogP contribution in [0.5, 0.6) is 0 Å². The Morgan fingerprint density at radius 3 is 2.44 bits per heavy atom. The lowest BCUT2D eigenvalue weighted by Crippen LogP contribution is -2.17. The lowest BCUT2D eigenvalue weighted by molar-refractivity contribution is 0.576. The lowest BCUT2D eigenvalue weighted by Gasteiger charge is -2.13. The molecule has 3 heteroatoms. The average Bonchev–Trinajstić information content (AvgIpc) is 2.38. The third kappa shape index (κ3) is 2.27. The van der Waals surface area contributed by atoms with Crippen molar-refractivity contribution in [2.24, 2.45) is 0 Å². The van der Waals surface area contributed by atoms with Crippen LogP contribution in [0.1, 0.15) is 26.7 Å². The first kappa shape index (κ1) is 13.1. The van der Waals surface area contributed by atoms with Crippen LogP contribution >= 0.6 is 0 Å². The van der Waals surface area contributed by atoms with E-state index in [4.69, 9.17) is 0 Å². The Kier molecular flexibility index (Phi) is 3.71. The zero-order chi connectivity index (χ0) is 13.2. The molecule has 1 unspecified atom stereocenters. The van der Waals surface area contributed by atoms with Gasteiger partial charge in [0, 0.05) is 5.39 Å². The lowest BCUT2D eigenvalue weighted by atomic mass is 10.1. The molecule has 0 aliphatic carbocycles. The van der Waals surface area contributed by atoms with Gasteiger partial charge >= 0.3 is 0 Å². The molecule has 0 aromatic heterocycles. The molecule has 0 fully saturated rings. The van der Waals surface area contributed by atoms with Crippen molar-refractivity contribution in [3.63, 3.8) is 0 Å². The predicted octanol–water partition coefficient (Wildman–Crippen LogP) is 3.80. The van der Waals surface area contributed by atoms with Crippen molar-refractivity contribution >= 4 is 20.6 Å². The topological polar surface area (TPSA) is 34.1 Å². The zero-order valence-corrected chi connectivity index (χ0v) is 11.6. The van der Waals surface area contributed by atoms with Crippen LogP contribution in [0.3, 0.4) is 0 Å². The predicted molar refractivity (Wildman–Crippen MR) is 75.5 cm³/mol. The fraction of sp³-hybridized carbons (Fsp3) is 0.333. The van der Waals surface area contributed by atoms with Gasteiger partial charge in [-0.15, -0.1) is 0 Å². The van der Waals surface area contributed by atoms with Crippen LogP contribution in [0.4, 0.5) is 0 Å². The molecule has 2 aromatic rings. The molecule has 1 atom stereocenters. The quantitative estimate of drug-likeness (QED) is 0.839. The second-order valence-electron chi connectivity index (χ2n) is 4.62. The summed E-state index contributed by atoms with van der Waals surface area (Å²) in [5.41, 5.74) is 0. The van der Waals surface area contributed by atoms with Crippen LogP contribution in [0.25, 0.3) is 10.8 Å². The average molecular weight is 262 g/mol. The van der Waals surface area contributed by atoms with Crippen LogP contribution in [0.15, 0.2) is 47.4 Å². The summed E-state index contributed by atoms with van der Waals surface area (Å²) in [6.45, 7) is 3.80. The maximum Gasteiger partial charge on any atom is 0.181 e. The summed E-state index contributed by atoms with van der Waals surface area (Å²) in [4.78, 5) is 0.460. The number of sulfone groups is 1. The fourth-order valence-electron chi connectivity index (χ4n) is 2.22. The van der Waals surface area contributed by atoms with Crippen LogP contribution in [0, 0.1) is 0 Å². The van der Waals surface area contributed by atoms with Crippen LogP contribution in [-0.4, -0.2) is 13.7 Å². The molecule has 0 saturated heterocycles. The van der Waals surface area contributed by atoms with Crippen molar-refractivity contribution in [1.82, 2.24) is 0 Å². The van der Waals surface area contributed by atoms with Crippen molar-refractivity contribution in [2.45, 2.75) is 36.8 Å². The minimum atomic E-state index is -3.23. The number of benzene rings is 2. The normalized spacial score (nSPS) is 13.7. The molecule has 0 spiro atoms. The molecule has 0 amide bonds. The van der Waals surface area contributed by atoms with Gasteiger partial charge in [-0.1, -0.05) is 49.7 Å². The Hall–Kier alpha value is -1.35. The second-order valence-corrected chi connectivity index (χ2v) is 6.96. The first-order valence-corrected chi connectivity index (χ1v) is 7.83. The van der Waals surface area contributed by atoms with Gasteiger partial charge in [0.25, 0.3) is 0 Å². The summed E-state index contributed by atoms with van der Waals surface area (Å²) >= 11 is 0. The molecule has 2 rings (SSSR count). The molecule has 0 saturated carbocycles. The minimum absolute atomic E-state index is 0.326. The van der Waals surface area contributed by atoms with Crippen LogP contribution in [-0.2, 0) is 9.84 Å². The van der Waals surface area contributed by atoms with E-state index in [-0.39, 0.29) is 5.25 Å². The summed E-state index contributed by atoms with van der Waals surface area (Å²) in [7, 11) is -3.23. The third-order valence-electron chi connectivity index (χ3n) is 3.28. The Balaban J connectivity index is 2.61. The highest BCUT2D eigenvalue weighted by Crippen LogP contribution is 2.27. The molecule has 0 aliphatic rings. The smallest absolute Gasteiger partial charge is 0.181 e. The van der Waals surface area contributed by atoms with E-state index in [1.54, 1.807) is 13.0 Å². The maximum absolute atomic E-state index is 12.5. The summed E-state index contributed by atoms with van der Waals surface area (Å²) in [5, 5.41) is 1.47. The molecule has 2 aromatic carbocycles. The van der Waals surface area contributed by atoms with Crippen molar-refractivity contribution in [1.29, 1.82) is 0 Å². The fourth-order valence-corrected chi connectivity index (χ4v) is 3.96. The van der Waals surface area contributed by atoms with Gasteiger partial charge in [0.2, 0.25) is 0 Å². The molecule has 2 nitrogen and oxygen atoms in total. The first-order valence-electron chi connectivity index (χ1n) is 6.29. The summed E-state index contributed by atoms with van der Waals surface area (Å²) in [5.74, 6) is 0. The SMILES string of the molecule is CCCC(C)S(=O)(=O)c1cccc2ccccc12. The number of hydrogen-bond donors (Lipinski definition) is 0. The molecule has 0 N–H and O–H groups in total. The van der Waals surface area contributed by atoms with Crippen LogP contribution < -0.4 is 0 Å². The van der Waals surface area contributed by atoms with Gasteiger partial charge in [-0.2, -0.15) is 0 Å². The highest BCUT2D eigenvalue weighted by Gasteiger charge is 2.24. The highest BCUT2D eigenvalue weighted by atomic mass is 32.2. The van der Waals surface area contributed by atoms with Gasteiger partial charge in [-0.3, -0.25) is 0 Å². The van der Waals surface area contributed by atoms with Gasteiger partial charge in [0.05, 0.1) is 10.1 Å². The molecule has 18 heavy (non-hydrogen) atoms. The Labute approximate surface area is 109 Å². The summed E-state index contributed by atoms with van der Waals surface area (Å²) in [6, 6.07) is 13.1. The Bertz CT molecular complexity index is 639. The number of fused-ring (bicyclic) bond motifs is 1. The Morgan fingerprint density at radius 1 is 1.06 bits per heavy atom. The molecule has 0 bridgehead atoms. The van der Waals surface area contributed by atoms with Crippen molar-refractivity contribution in [2.75, 3.05) is 0 Å².